The SMILES string of the molecule is COc1cc(C(=O)N/N=C(/C)c2ccc(C)o2)cc(OC)c1OC. The van der Waals surface area contributed by atoms with Crippen molar-refractivity contribution < 1.29 is 23.4 Å². The number of carbonyl (C=O) groups is 1. The molecule has 0 spiro atoms. The number of rotatable bonds is 6. The quantitative estimate of drug-likeness (QED) is 0.650. The monoisotopic (exact) mass is 332 g/mol. The minimum absolute atomic E-state index is 0.330. The summed E-state index contributed by atoms with van der Waals surface area (Å²) < 4.78 is 21.1. The van der Waals surface area contributed by atoms with Crippen LogP contribution < -0.4 is 19.6 Å². The number of nitrogens with one attached hydrogen (secondary N) is 1. The van der Waals surface area contributed by atoms with Crippen LogP contribution in [0.4, 0.5) is 0 Å². The van der Waals surface area contributed by atoms with Gasteiger partial charge in [0.25, 0.3) is 5.91 Å². The molecule has 0 aliphatic carbocycles. The highest BCUT2D eigenvalue weighted by atomic mass is 16.5. The standard InChI is InChI=1S/C17H20N2O5/c1-10-6-7-13(24-10)11(2)18-19-17(20)12-8-14(21-3)16(23-5)15(9-12)22-4/h6-9H,1-5H3,(H,19,20)/b18-11-. The smallest absolute Gasteiger partial charge is 0.271 e. The van der Waals surface area contributed by atoms with Gasteiger partial charge in [0.15, 0.2) is 11.5 Å². The maximum atomic E-state index is 12.3. The number of hydrogen-bond acceptors (Lipinski definition) is 6. The Balaban J connectivity index is 2.23. The first-order valence-corrected chi connectivity index (χ1v) is 7.21. The molecular formula is C17H20N2O5. The van der Waals surface area contributed by atoms with Gasteiger partial charge in [0.2, 0.25) is 5.75 Å². The zero-order valence-corrected chi connectivity index (χ0v) is 14.3. The lowest BCUT2D eigenvalue weighted by molar-refractivity contribution is 0.0954. The van der Waals surface area contributed by atoms with Crippen molar-refractivity contribution in [2.45, 2.75) is 13.8 Å². The van der Waals surface area contributed by atoms with Crippen molar-refractivity contribution in [3.05, 3.63) is 41.3 Å². The molecule has 1 N–H and O–H groups in total. The molecule has 2 aromatic rings. The first-order valence-electron chi connectivity index (χ1n) is 7.21. The third-order valence-electron chi connectivity index (χ3n) is 3.35. The Morgan fingerprint density at radius 1 is 1.08 bits per heavy atom. The van der Waals surface area contributed by atoms with Gasteiger partial charge in [0.05, 0.1) is 21.3 Å². The van der Waals surface area contributed by atoms with Crippen molar-refractivity contribution in [2.75, 3.05) is 21.3 Å². The third-order valence-corrected chi connectivity index (χ3v) is 3.35. The number of methoxy groups -OCH3 is 3. The summed E-state index contributed by atoms with van der Waals surface area (Å²) in [5.41, 5.74) is 3.37. The maximum Gasteiger partial charge on any atom is 0.271 e. The highest BCUT2D eigenvalue weighted by Gasteiger charge is 2.17. The zero-order valence-electron chi connectivity index (χ0n) is 14.3. The predicted molar refractivity (Wildman–Crippen MR) is 89.2 cm³/mol. The molecule has 0 radical (unpaired) electrons. The molecular weight excluding hydrogens is 312 g/mol. The van der Waals surface area contributed by atoms with E-state index in [1.54, 1.807) is 25.1 Å². The zero-order chi connectivity index (χ0) is 17.7. The van der Waals surface area contributed by atoms with Crippen molar-refractivity contribution in [3.63, 3.8) is 0 Å². The minimum Gasteiger partial charge on any atom is -0.493 e. The number of hydrazone groups is 1. The molecule has 0 aliphatic rings. The van der Waals surface area contributed by atoms with Gasteiger partial charge in [-0.3, -0.25) is 4.79 Å². The Kier molecular flexibility index (Phi) is 5.47. The summed E-state index contributed by atoms with van der Waals surface area (Å²) in [4.78, 5) is 12.3. The van der Waals surface area contributed by atoms with Gasteiger partial charge in [-0.15, -0.1) is 0 Å². The molecule has 0 unspecified atom stereocenters. The number of hydrogen-bond donors (Lipinski definition) is 1. The lowest BCUT2D eigenvalue weighted by Gasteiger charge is -2.13. The number of aryl methyl sites for hydroxylation is 1. The number of nitrogens with zero attached hydrogens (tertiary/aromatic N) is 1. The molecule has 0 aliphatic heterocycles. The summed E-state index contributed by atoms with van der Waals surface area (Å²) >= 11 is 0. The number of benzene rings is 1. The topological polar surface area (TPSA) is 82.3 Å². The van der Waals surface area contributed by atoms with Crippen LogP contribution in [0.3, 0.4) is 0 Å². The van der Waals surface area contributed by atoms with Crippen LogP contribution in [-0.4, -0.2) is 32.9 Å². The lowest BCUT2D eigenvalue weighted by Crippen LogP contribution is -2.19. The van der Waals surface area contributed by atoms with Gasteiger partial charge in [0, 0.05) is 5.56 Å². The predicted octanol–water partition coefficient (Wildman–Crippen LogP) is 2.77. The molecule has 0 saturated carbocycles. The largest absolute Gasteiger partial charge is 0.493 e. The fraction of sp³-hybridized carbons (Fsp3) is 0.294. The summed E-state index contributed by atoms with van der Waals surface area (Å²) in [6.45, 7) is 3.58. The molecule has 1 aromatic heterocycles. The van der Waals surface area contributed by atoms with Crippen LogP contribution in [0, 0.1) is 6.92 Å². The van der Waals surface area contributed by atoms with Crippen molar-refractivity contribution in [3.8, 4) is 17.2 Å². The van der Waals surface area contributed by atoms with E-state index in [0.29, 0.717) is 34.3 Å². The van der Waals surface area contributed by atoms with Crippen LogP contribution >= 0.6 is 0 Å². The first kappa shape index (κ1) is 17.4. The molecule has 24 heavy (non-hydrogen) atoms. The number of amides is 1. The van der Waals surface area contributed by atoms with E-state index >= 15 is 0 Å². The van der Waals surface area contributed by atoms with Crippen LogP contribution in [-0.2, 0) is 0 Å². The second kappa shape index (κ2) is 7.54. The Morgan fingerprint density at radius 3 is 2.17 bits per heavy atom. The molecule has 0 fully saturated rings. The van der Waals surface area contributed by atoms with Crippen molar-refractivity contribution in [1.29, 1.82) is 0 Å². The molecule has 1 heterocycles. The van der Waals surface area contributed by atoms with Gasteiger partial charge >= 0.3 is 0 Å². The highest BCUT2D eigenvalue weighted by molar-refractivity contribution is 5.99. The number of ether oxygens (including phenoxy) is 3. The molecule has 7 heteroatoms. The molecule has 7 nitrogen and oxygen atoms in total. The van der Waals surface area contributed by atoms with E-state index in [0.717, 1.165) is 5.76 Å². The molecule has 0 atom stereocenters. The van der Waals surface area contributed by atoms with E-state index in [1.807, 2.05) is 13.0 Å². The Labute approximate surface area is 140 Å². The Bertz CT molecular complexity index is 739. The fourth-order valence-electron chi connectivity index (χ4n) is 2.10. The van der Waals surface area contributed by atoms with Gasteiger partial charge in [-0.05, 0) is 38.1 Å². The summed E-state index contributed by atoms with van der Waals surface area (Å²) in [6, 6.07) is 6.73. The maximum absolute atomic E-state index is 12.3. The molecule has 128 valence electrons. The summed E-state index contributed by atoms with van der Waals surface area (Å²) in [7, 11) is 4.47. The molecule has 1 aromatic carbocycles. The highest BCUT2D eigenvalue weighted by Crippen LogP contribution is 2.38. The molecule has 0 saturated heterocycles. The van der Waals surface area contributed by atoms with E-state index in [-0.39, 0.29) is 0 Å². The van der Waals surface area contributed by atoms with Gasteiger partial charge in [-0.2, -0.15) is 5.10 Å². The van der Waals surface area contributed by atoms with Gasteiger partial charge in [-0.1, -0.05) is 0 Å². The molecule has 2 rings (SSSR count). The van der Waals surface area contributed by atoms with Crippen molar-refractivity contribution in [2.24, 2.45) is 5.10 Å². The lowest BCUT2D eigenvalue weighted by atomic mass is 10.1. The number of furan rings is 1. The van der Waals surface area contributed by atoms with Crippen LogP contribution in [0.1, 0.15) is 28.8 Å². The molecule has 0 bridgehead atoms. The second-order valence-electron chi connectivity index (χ2n) is 4.96. The van der Waals surface area contributed by atoms with Crippen LogP contribution in [0.25, 0.3) is 0 Å². The summed E-state index contributed by atoms with van der Waals surface area (Å²) in [6.07, 6.45) is 0. The summed E-state index contributed by atoms with van der Waals surface area (Å²) in [5, 5.41) is 4.05. The summed E-state index contributed by atoms with van der Waals surface area (Å²) in [5.74, 6) is 2.17. The van der Waals surface area contributed by atoms with Crippen LogP contribution in [0.15, 0.2) is 33.8 Å². The first-order chi connectivity index (χ1) is 11.5. The van der Waals surface area contributed by atoms with E-state index in [4.69, 9.17) is 18.6 Å². The van der Waals surface area contributed by atoms with Gasteiger partial charge < -0.3 is 18.6 Å². The van der Waals surface area contributed by atoms with Crippen LogP contribution in [0.2, 0.25) is 0 Å². The normalized spacial score (nSPS) is 11.1. The average Bonchev–Trinajstić information content (AvgIpc) is 3.04. The van der Waals surface area contributed by atoms with Gasteiger partial charge in [-0.25, -0.2) is 5.43 Å². The molecule has 1 amide bonds. The average molecular weight is 332 g/mol. The van der Waals surface area contributed by atoms with E-state index in [9.17, 15) is 4.79 Å². The number of carbonyl (C=O) groups excluding carboxylic acids is 1. The Hall–Kier alpha value is -2.96. The van der Waals surface area contributed by atoms with Crippen molar-refractivity contribution in [1.82, 2.24) is 5.43 Å². The van der Waals surface area contributed by atoms with Gasteiger partial charge in [0.1, 0.15) is 17.2 Å². The van der Waals surface area contributed by atoms with E-state index < -0.39 is 5.91 Å². The van der Waals surface area contributed by atoms with Crippen LogP contribution in [0.5, 0.6) is 17.2 Å². The van der Waals surface area contributed by atoms with E-state index in [1.165, 1.54) is 21.3 Å². The third kappa shape index (κ3) is 3.68. The fourth-order valence-corrected chi connectivity index (χ4v) is 2.10. The Morgan fingerprint density at radius 2 is 1.71 bits per heavy atom. The minimum atomic E-state index is -0.406. The van der Waals surface area contributed by atoms with E-state index in [2.05, 4.69) is 10.5 Å². The van der Waals surface area contributed by atoms with Crippen molar-refractivity contribution >= 4 is 11.6 Å². The second-order valence-corrected chi connectivity index (χ2v) is 4.96.